The van der Waals surface area contributed by atoms with Crippen LogP contribution in [0.15, 0.2) is 42.5 Å². The van der Waals surface area contributed by atoms with Crippen molar-refractivity contribution >= 4 is 17.9 Å². The predicted octanol–water partition coefficient (Wildman–Crippen LogP) is 4.95. The molecule has 0 spiro atoms. The number of alkyl carbamates (subject to hydrolysis) is 1. The van der Waals surface area contributed by atoms with Crippen molar-refractivity contribution in [2.75, 3.05) is 6.54 Å². The average molecular weight is 526 g/mol. The van der Waals surface area contributed by atoms with E-state index in [0.29, 0.717) is 13.0 Å². The third-order valence-corrected chi connectivity index (χ3v) is 5.83. The first kappa shape index (κ1) is 30.7. The molecule has 0 bridgehead atoms. The van der Waals surface area contributed by atoms with Gasteiger partial charge in [-0.3, -0.25) is 9.59 Å². The minimum absolute atomic E-state index is 0.102. The van der Waals surface area contributed by atoms with Crippen LogP contribution in [0.25, 0.3) is 0 Å². The molecule has 38 heavy (non-hydrogen) atoms. The van der Waals surface area contributed by atoms with Crippen LogP contribution in [0.3, 0.4) is 0 Å². The Morgan fingerprint density at radius 3 is 2.18 bits per heavy atom. The summed E-state index contributed by atoms with van der Waals surface area (Å²) in [7, 11) is 0. The number of carbonyl (C=O) groups is 3. The summed E-state index contributed by atoms with van der Waals surface area (Å²) in [6.07, 6.45) is 0.0469. The number of rotatable bonds is 10. The first-order valence-corrected chi connectivity index (χ1v) is 13.2. The molecular formula is C30H43N3O5. The van der Waals surface area contributed by atoms with Crippen molar-refractivity contribution in [1.29, 1.82) is 0 Å². The van der Waals surface area contributed by atoms with Crippen LogP contribution < -0.4 is 10.6 Å². The molecule has 0 aliphatic rings. The second-order valence-corrected chi connectivity index (χ2v) is 11.0. The Morgan fingerprint density at radius 1 is 1.00 bits per heavy atom. The third-order valence-electron chi connectivity index (χ3n) is 5.83. The van der Waals surface area contributed by atoms with E-state index >= 15 is 0 Å². The van der Waals surface area contributed by atoms with Crippen LogP contribution in [-0.4, -0.2) is 52.1 Å². The zero-order valence-electron chi connectivity index (χ0n) is 23.9. The normalized spacial score (nSPS) is 13.0. The lowest BCUT2D eigenvalue weighted by Crippen LogP contribution is -2.54. The van der Waals surface area contributed by atoms with Crippen LogP contribution >= 0.6 is 0 Å². The molecule has 8 heteroatoms. The third kappa shape index (κ3) is 9.08. The van der Waals surface area contributed by atoms with Gasteiger partial charge in [-0.25, -0.2) is 4.79 Å². The summed E-state index contributed by atoms with van der Waals surface area (Å²) >= 11 is 0. The molecule has 2 rings (SSSR count). The molecule has 0 aliphatic heterocycles. The second-order valence-electron chi connectivity index (χ2n) is 11.0. The molecule has 0 aliphatic carbocycles. The Labute approximate surface area is 226 Å². The molecule has 8 nitrogen and oxygen atoms in total. The number of phenols is 1. The summed E-state index contributed by atoms with van der Waals surface area (Å²) in [5, 5.41) is 15.4. The van der Waals surface area contributed by atoms with Crippen LogP contribution in [0.4, 0.5) is 4.79 Å². The highest BCUT2D eigenvalue weighted by Gasteiger charge is 2.37. The number of hydrogen-bond acceptors (Lipinski definition) is 5. The molecule has 2 atom stereocenters. The number of aryl methyl sites for hydroxylation is 2. The molecule has 0 saturated carbocycles. The fourth-order valence-electron chi connectivity index (χ4n) is 4.19. The van der Waals surface area contributed by atoms with E-state index < -0.39 is 29.7 Å². The van der Waals surface area contributed by atoms with E-state index in [2.05, 4.69) is 10.6 Å². The smallest absolute Gasteiger partial charge is 0.408 e. The van der Waals surface area contributed by atoms with Crippen molar-refractivity contribution in [3.05, 3.63) is 64.7 Å². The average Bonchev–Trinajstić information content (AvgIpc) is 2.79. The van der Waals surface area contributed by atoms with Gasteiger partial charge in [0.1, 0.15) is 23.4 Å². The standard InChI is InChI=1S/C30H43N3O5/c1-9-16-33(26(27(35)31-19(2)3)24-17-20(4)10-11-21(24)5)28(36)25(32-29(37)38-30(6,7)8)18-22-12-14-23(34)15-13-22/h10-15,17,19,25-26,34H,9,16,18H2,1-8H3,(H,31,35)(H,32,37). The summed E-state index contributed by atoms with van der Waals surface area (Å²) in [4.78, 5) is 42.2. The largest absolute Gasteiger partial charge is 0.508 e. The Morgan fingerprint density at radius 2 is 1.63 bits per heavy atom. The van der Waals surface area contributed by atoms with E-state index in [-0.39, 0.29) is 24.1 Å². The number of ether oxygens (including phenoxy) is 1. The number of aromatic hydroxyl groups is 1. The summed E-state index contributed by atoms with van der Waals surface area (Å²) in [5.74, 6) is -0.573. The summed E-state index contributed by atoms with van der Waals surface area (Å²) < 4.78 is 5.45. The molecule has 208 valence electrons. The Bertz CT molecular complexity index is 1110. The van der Waals surface area contributed by atoms with Crippen molar-refractivity contribution in [2.45, 2.75) is 92.0 Å². The van der Waals surface area contributed by atoms with Gasteiger partial charge in [-0.1, -0.05) is 42.8 Å². The number of hydrogen-bond donors (Lipinski definition) is 3. The number of nitrogens with zero attached hydrogens (tertiary/aromatic N) is 1. The van der Waals surface area contributed by atoms with Gasteiger partial charge in [0.2, 0.25) is 11.8 Å². The monoisotopic (exact) mass is 525 g/mol. The highest BCUT2D eigenvalue weighted by Crippen LogP contribution is 2.28. The summed E-state index contributed by atoms with van der Waals surface area (Å²) in [6.45, 7) is 15.1. The molecule has 2 aromatic rings. The number of benzene rings is 2. The van der Waals surface area contributed by atoms with Gasteiger partial charge in [0.15, 0.2) is 0 Å². The van der Waals surface area contributed by atoms with Crippen LogP contribution in [0.2, 0.25) is 0 Å². The van der Waals surface area contributed by atoms with Gasteiger partial charge in [-0.2, -0.15) is 0 Å². The highest BCUT2D eigenvalue weighted by molar-refractivity contribution is 5.92. The van der Waals surface area contributed by atoms with Gasteiger partial charge >= 0.3 is 6.09 Å². The van der Waals surface area contributed by atoms with Crippen LogP contribution in [-0.2, 0) is 20.7 Å². The lowest BCUT2D eigenvalue weighted by Gasteiger charge is -2.35. The number of amides is 3. The predicted molar refractivity (Wildman–Crippen MR) is 149 cm³/mol. The van der Waals surface area contributed by atoms with Gasteiger partial charge in [-0.15, -0.1) is 0 Å². The quantitative estimate of drug-likeness (QED) is 0.407. The van der Waals surface area contributed by atoms with E-state index in [9.17, 15) is 19.5 Å². The SMILES string of the molecule is CCCN(C(=O)C(Cc1ccc(O)cc1)NC(=O)OC(C)(C)C)C(C(=O)NC(C)C)c1cc(C)ccc1C. The molecule has 0 saturated heterocycles. The van der Waals surface area contributed by atoms with Crippen molar-refractivity contribution in [2.24, 2.45) is 0 Å². The minimum atomic E-state index is -1.000. The van der Waals surface area contributed by atoms with Gasteiger partial charge < -0.3 is 25.4 Å². The molecule has 0 aromatic heterocycles. The maximum Gasteiger partial charge on any atom is 0.408 e. The molecule has 3 amide bonds. The van der Waals surface area contributed by atoms with Crippen molar-refractivity contribution in [1.82, 2.24) is 15.5 Å². The fraction of sp³-hybridized carbons (Fsp3) is 0.500. The zero-order chi connectivity index (χ0) is 28.6. The van der Waals surface area contributed by atoms with E-state index in [1.54, 1.807) is 37.8 Å². The Balaban J connectivity index is 2.57. The molecule has 2 unspecified atom stereocenters. The van der Waals surface area contributed by atoms with Crippen molar-refractivity contribution in [3.63, 3.8) is 0 Å². The topological polar surface area (TPSA) is 108 Å². The van der Waals surface area contributed by atoms with Crippen molar-refractivity contribution < 1.29 is 24.2 Å². The van der Waals surface area contributed by atoms with Crippen molar-refractivity contribution in [3.8, 4) is 5.75 Å². The van der Waals surface area contributed by atoms with Crippen LogP contribution in [0.5, 0.6) is 5.75 Å². The number of phenolic OH excluding ortho intramolecular Hbond substituents is 1. The number of nitrogens with one attached hydrogen (secondary N) is 2. The maximum absolute atomic E-state index is 14.2. The van der Waals surface area contributed by atoms with Gasteiger partial charge in [0, 0.05) is 19.0 Å². The second kappa shape index (κ2) is 13.3. The first-order chi connectivity index (χ1) is 17.7. The fourth-order valence-corrected chi connectivity index (χ4v) is 4.19. The van der Waals surface area contributed by atoms with E-state index in [1.807, 2.05) is 52.8 Å². The van der Waals surface area contributed by atoms with Gasteiger partial charge in [-0.05, 0) is 83.7 Å². The molecule has 2 aromatic carbocycles. The maximum atomic E-state index is 14.2. The van der Waals surface area contributed by atoms with E-state index in [0.717, 1.165) is 22.3 Å². The Kier molecular flexibility index (Phi) is 10.7. The van der Waals surface area contributed by atoms with Crippen LogP contribution in [0, 0.1) is 13.8 Å². The van der Waals surface area contributed by atoms with Gasteiger partial charge in [0.05, 0.1) is 0 Å². The lowest BCUT2D eigenvalue weighted by molar-refractivity contribution is -0.142. The Hall–Kier alpha value is -3.55. The van der Waals surface area contributed by atoms with Crippen LogP contribution in [0.1, 0.15) is 76.3 Å². The van der Waals surface area contributed by atoms with Gasteiger partial charge in [0.25, 0.3) is 0 Å². The first-order valence-electron chi connectivity index (χ1n) is 13.2. The summed E-state index contributed by atoms with van der Waals surface area (Å²) in [6, 6.07) is 10.3. The molecule has 0 radical (unpaired) electrons. The van der Waals surface area contributed by atoms with E-state index in [1.165, 1.54) is 12.1 Å². The molecule has 3 N–H and O–H groups in total. The zero-order valence-corrected chi connectivity index (χ0v) is 23.9. The molecule has 0 fully saturated rings. The summed E-state index contributed by atoms with van der Waals surface area (Å²) in [5.41, 5.74) is 2.60. The highest BCUT2D eigenvalue weighted by atomic mass is 16.6. The number of carbonyl (C=O) groups excluding carboxylic acids is 3. The lowest BCUT2D eigenvalue weighted by atomic mass is 9.95. The molecule has 0 heterocycles. The van der Waals surface area contributed by atoms with E-state index in [4.69, 9.17) is 4.74 Å². The molecular weight excluding hydrogens is 482 g/mol. The minimum Gasteiger partial charge on any atom is -0.508 e.